The van der Waals surface area contributed by atoms with Crippen LogP contribution in [0.5, 0.6) is 5.75 Å². The number of rotatable bonds is 7. The zero-order valence-electron chi connectivity index (χ0n) is 17.0. The number of hydrogen-bond donors (Lipinski definition) is 1. The van der Waals surface area contributed by atoms with E-state index in [1.165, 1.54) is 32.4 Å². The topological polar surface area (TPSA) is 139 Å². The maximum atomic E-state index is 12.6. The number of carbonyl (C=O) groups is 4. The van der Waals surface area contributed by atoms with E-state index in [2.05, 4.69) is 5.32 Å². The average molecular weight is 461 g/mol. The Morgan fingerprint density at radius 1 is 1.22 bits per heavy atom. The van der Waals surface area contributed by atoms with Gasteiger partial charge in [-0.15, -0.1) is 0 Å². The van der Waals surface area contributed by atoms with Crippen LogP contribution in [0.1, 0.15) is 20.7 Å². The number of benzene rings is 2. The number of nitro benzene ring substituents is 1. The van der Waals surface area contributed by atoms with E-state index in [1.807, 2.05) is 0 Å². The van der Waals surface area contributed by atoms with Gasteiger partial charge in [0.2, 0.25) is 11.8 Å². The number of methoxy groups -OCH3 is 1. The molecule has 0 unspecified atom stereocenters. The highest BCUT2D eigenvalue weighted by molar-refractivity contribution is 6.31. The molecule has 4 amide bonds. The Labute approximate surface area is 186 Å². The number of likely N-dealkylation sites (N-methyl/N-ethyl adjacent to an activating group) is 1. The predicted octanol–water partition coefficient (Wildman–Crippen LogP) is 1.95. The monoisotopic (exact) mass is 460 g/mol. The molecule has 166 valence electrons. The average Bonchev–Trinajstić information content (AvgIpc) is 2.98. The molecule has 32 heavy (non-hydrogen) atoms. The van der Waals surface area contributed by atoms with Gasteiger partial charge in [0, 0.05) is 18.1 Å². The van der Waals surface area contributed by atoms with Crippen LogP contribution in [-0.2, 0) is 9.59 Å². The van der Waals surface area contributed by atoms with Gasteiger partial charge in [-0.2, -0.15) is 0 Å². The van der Waals surface area contributed by atoms with E-state index in [4.69, 9.17) is 16.3 Å². The van der Waals surface area contributed by atoms with Crippen molar-refractivity contribution in [3.05, 3.63) is 62.7 Å². The Kier molecular flexibility index (Phi) is 6.40. The van der Waals surface area contributed by atoms with Gasteiger partial charge in [0.1, 0.15) is 17.9 Å². The molecular weight excluding hydrogens is 444 g/mol. The largest absolute Gasteiger partial charge is 0.495 e. The lowest BCUT2D eigenvalue weighted by Gasteiger charge is -2.20. The molecule has 1 aliphatic heterocycles. The summed E-state index contributed by atoms with van der Waals surface area (Å²) >= 11 is 5.92. The first-order valence-corrected chi connectivity index (χ1v) is 9.52. The summed E-state index contributed by atoms with van der Waals surface area (Å²) in [4.78, 5) is 62.0. The lowest BCUT2D eigenvalue weighted by Crippen LogP contribution is -2.43. The zero-order chi connectivity index (χ0) is 23.6. The number of ether oxygens (including phenoxy) is 1. The smallest absolute Gasteiger partial charge is 0.282 e. The Hall–Kier alpha value is -3.99. The number of amides is 4. The van der Waals surface area contributed by atoms with E-state index in [0.717, 1.165) is 11.0 Å². The third kappa shape index (κ3) is 4.37. The van der Waals surface area contributed by atoms with Crippen LogP contribution >= 0.6 is 11.6 Å². The quantitative estimate of drug-likeness (QED) is 0.378. The van der Waals surface area contributed by atoms with E-state index in [0.29, 0.717) is 21.4 Å². The second-order valence-corrected chi connectivity index (χ2v) is 7.23. The van der Waals surface area contributed by atoms with Crippen molar-refractivity contribution in [2.45, 2.75) is 0 Å². The number of nitro groups is 1. The highest BCUT2D eigenvalue weighted by atomic mass is 35.5. The van der Waals surface area contributed by atoms with E-state index in [9.17, 15) is 29.3 Å². The van der Waals surface area contributed by atoms with Crippen LogP contribution in [0.3, 0.4) is 0 Å². The molecule has 0 saturated heterocycles. The minimum atomic E-state index is -0.938. The molecule has 1 heterocycles. The summed E-state index contributed by atoms with van der Waals surface area (Å²) < 4.78 is 5.14. The Morgan fingerprint density at radius 3 is 2.59 bits per heavy atom. The van der Waals surface area contributed by atoms with Crippen molar-refractivity contribution < 1.29 is 28.8 Å². The van der Waals surface area contributed by atoms with Crippen LogP contribution in [0, 0.1) is 10.1 Å². The molecule has 2 aromatic carbocycles. The molecule has 0 bridgehead atoms. The summed E-state index contributed by atoms with van der Waals surface area (Å²) in [5, 5.41) is 14.1. The van der Waals surface area contributed by atoms with Gasteiger partial charge in [-0.1, -0.05) is 17.7 Å². The maximum Gasteiger partial charge on any atom is 0.282 e. The summed E-state index contributed by atoms with van der Waals surface area (Å²) in [6.45, 7) is -1.06. The first-order chi connectivity index (χ1) is 15.1. The number of hydrogen-bond acceptors (Lipinski definition) is 7. The number of imide groups is 1. The van der Waals surface area contributed by atoms with Crippen LogP contribution in [0.4, 0.5) is 11.4 Å². The Morgan fingerprint density at radius 2 is 1.94 bits per heavy atom. The summed E-state index contributed by atoms with van der Waals surface area (Å²) in [6, 6.07) is 8.30. The highest BCUT2D eigenvalue weighted by Gasteiger charge is 2.42. The van der Waals surface area contributed by atoms with Crippen molar-refractivity contribution >= 4 is 46.6 Å². The lowest BCUT2D eigenvalue weighted by molar-refractivity contribution is -0.385. The van der Waals surface area contributed by atoms with Gasteiger partial charge >= 0.3 is 0 Å². The Bertz CT molecular complexity index is 1150. The SMILES string of the molecule is COc1ccc(Cl)cc1NC(=O)CN(C)C(=O)CN1C(=O)c2cccc([N+](=O)[O-])c2C1=O. The van der Waals surface area contributed by atoms with Gasteiger partial charge in [-0.05, 0) is 24.3 Å². The van der Waals surface area contributed by atoms with Crippen molar-refractivity contribution in [3.8, 4) is 5.75 Å². The molecule has 0 aliphatic carbocycles. The van der Waals surface area contributed by atoms with Gasteiger partial charge in [0.15, 0.2) is 0 Å². The van der Waals surface area contributed by atoms with E-state index >= 15 is 0 Å². The van der Waals surface area contributed by atoms with E-state index < -0.39 is 47.3 Å². The first kappa shape index (κ1) is 22.7. The van der Waals surface area contributed by atoms with Crippen LogP contribution < -0.4 is 10.1 Å². The third-order valence-corrected chi connectivity index (χ3v) is 4.94. The third-order valence-electron chi connectivity index (χ3n) is 4.71. The Balaban J connectivity index is 1.67. The summed E-state index contributed by atoms with van der Waals surface area (Å²) in [5.41, 5.74) is -0.716. The number of nitrogens with one attached hydrogen (secondary N) is 1. The molecule has 1 aliphatic rings. The number of anilines is 1. The number of nitrogens with zero attached hydrogens (tertiary/aromatic N) is 3. The van der Waals surface area contributed by atoms with Crippen molar-refractivity contribution in [2.24, 2.45) is 0 Å². The van der Waals surface area contributed by atoms with Crippen molar-refractivity contribution in [3.63, 3.8) is 0 Å². The van der Waals surface area contributed by atoms with E-state index in [-0.39, 0.29) is 11.1 Å². The lowest BCUT2D eigenvalue weighted by atomic mass is 10.1. The minimum Gasteiger partial charge on any atom is -0.495 e. The van der Waals surface area contributed by atoms with Crippen molar-refractivity contribution in [2.75, 3.05) is 32.6 Å². The standard InChI is InChI=1S/C20H17ClN4O7/c1-23(9-16(26)22-13-8-11(21)6-7-15(13)32-2)17(27)10-24-19(28)12-4-3-5-14(25(30)31)18(12)20(24)29/h3-8H,9-10H2,1-2H3,(H,22,26). The summed E-state index contributed by atoms with van der Waals surface area (Å²) in [7, 11) is 2.73. The molecule has 1 N–H and O–H groups in total. The summed E-state index contributed by atoms with van der Waals surface area (Å²) in [5.74, 6) is -2.67. The fraction of sp³-hybridized carbons (Fsp3) is 0.200. The van der Waals surface area contributed by atoms with Gasteiger partial charge < -0.3 is 15.0 Å². The van der Waals surface area contributed by atoms with E-state index in [1.54, 1.807) is 12.1 Å². The minimum absolute atomic E-state index is 0.148. The van der Waals surface area contributed by atoms with Crippen molar-refractivity contribution in [1.82, 2.24) is 9.80 Å². The number of fused-ring (bicyclic) bond motifs is 1. The molecule has 12 heteroatoms. The molecule has 0 fully saturated rings. The zero-order valence-corrected chi connectivity index (χ0v) is 17.7. The fourth-order valence-corrected chi connectivity index (χ4v) is 3.31. The van der Waals surface area contributed by atoms with Gasteiger partial charge in [-0.25, -0.2) is 0 Å². The number of halogens is 1. The van der Waals surface area contributed by atoms with Gasteiger partial charge in [-0.3, -0.25) is 34.2 Å². The fourth-order valence-electron chi connectivity index (χ4n) is 3.14. The van der Waals surface area contributed by atoms with Crippen LogP contribution in [-0.4, -0.2) is 65.6 Å². The van der Waals surface area contributed by atoms with Crippen LogP contribution in [0.2, 0.25) is 5.02 Å². The van der Waals surface area contributed by atoms with Crippen molar-refractivity contribution in [1.29, 1.82) is 0 Å². The van der Waals surface area contributed by atoms with Gasteiger partial charge in [0.05, 0.1) is 29.8 Å². The van der Waals surface area contributed by atoms with Gasteiger partial charge in [0.25, 0.3) is 17.5 Å². The summed E-state index contributed by atoms with van der Waals surface area (Å²) in [6.07, 6.45) is 0. The molecule has 0 atom stereocenters. The molecule has 11 nitrogen and oxygen atoms in total. The molecule has 0 spiro atoms. The van der Waals surface area contributed by atoms with Crippen LogP contribution in [0.15, 0.2) is 36.4 Å². The molecule has 3 rings (SSSR count). The molecule has 2 aromatic rings. The highest BCUT2D eigenvalue weighted by Crippen LogP contribution is 2.31. The second-order valence-electron chi connectivity index (χ2n) is 6.80. The second kappa shape index (κ2) is 9.02. The molecule has 0 radical (unpaired) electrons. The molecular formula is C20H17ClN4O7. The first-order valence-electron chi connectivity index (χ1n) is 9.15. The van der Waals surface area contributed by atoms with Crippen LogP contribution in [0.25, 0.3) is 0 Å². The number of carbonyl (C=O) groups excluding carboxylic acids is 4. The normalized spacial score (nSPS) is 12.4. The molecule has 0 aromatic heterocycles. The maximum absolute atomic E-state index is 12.6. The molecule has 0 saturated carbocycles. The predicted molar refractivity (Wildman–Crippen MR) is 113 cm³/mol.